The number of aryl methyl sites for hydroxylation is 1. The lowest BCUT2D eigenvalue weighted by molar-refractivity contribution is 0.263. The Morgan fingerprint density at radius 1 is 1.12 bits per heavy atom. The molecule has 94 valence electrons. The van der Waals surface area contributed by atoms with Crippen molar-refractivity contribution in [2.24, 2.45) is 5.92 Å². The van der Waals surface area contributed by atoms with Crippen LogP contribution in [0, 0.1) is 12.8 Å². The molecule has 3 atom stereocenters. The van der Waals surface area contributed by atoms with Crippen LogP contribution in [0.2, 0.25) is 0 Å². The molecule has 2 unspecified atom stereocenters. The molecule has 0 spiro atoms. The van der Waals surface area contributed by atoms with Crippen LogP contribution in [0.1, 0.15) is 56.7 Å². The quantitative estimate of drug-likeness (QED) is 0.821. The Morgan fingerprint density at radius 2 is 1.76 bits per heavy atom. The molecule has 0 aromatic heterocycles. The molecule has 1 aromatic carbocycles. The maximum atomic E-state index is 3.80. The van der Waals surface area contributed by atoms with Crippen LogP contribution >= 0.6 is 0 Å². The fourth-order valence-electron chi connectivity index (χ4n) is 2.84. The van der Waals surface area contributed by atoms with Crippen molar-refractivity contribution in [2.45, 2.75) is 58.5 Å². The van der Waals surface area contributed by atoms with Gasteiger partial charge in [0.1, 0.15) is 0 Å². The van der Waals surface area contributed by atoms with Crippen LogP contribution in [0.4, 0.5) is 0 Å². The molecular weight excluding hydrogens is 206 g/mol. The summed E-state index contributed by atoms with van der Waals surface area (Å²) in [5.41, 5.74) is 2.75. The predicted octanol–water partition coefficient (Wildman–Crippen LogP) is 4.22. The molecule has 0 amide bonds. The summed E-state index contributed by atoms with van der Waals surface area (Å²) in [4.78, 5) is 0. The summed E-state index contributed by atoms with van der Waals surface area (Å²) >= 11 is 0. The molecule has 0 radical (unpaired) electrons. The van der Waals surface area contributed by atoms with Gasteiger partial charge in [-0.2, -0.15) is 0 Å². The van der Waals surface area contributed by atoms with Gasteiger partial charge in [-0.15, -0.1) is 0 Å². The molecule has 1 aromatic rings. The highest BCUT2D eigenvalue weighted by atomic mass is 15.0. The molecule has 0 heterocycles. The second-order valence-electron chi connectivity index (χ2n) is 5.67. The van der Waals surface area contributed by atoms with Gasteiger partial charge in [-0.25, -0.2) is 0 Å². The minimum Gasteiger partial charge on any atom is -0.307 e. The van der Waals surface area contributed by atoms with E-state index in [-0.39, 0.29) is 0 Å². The molecule has 1 nitrogen and oxygen atoms in total. The maximum absolute atomic E-state index is 3.80. The van der Waals surface area contributed by atoms with Crippen LogP contribution in [-0.2, 0) is 0 Å². The molecule has 1 saturated carbocycles. The van der Waals surface area contributed by atoms with Gasteiger partial charge in [-0.3, -0.25) is 0 Å². The van der Waals surface area contributed by atoms with Crippen LogP contribution in [0.15, 0.2) is 24.3 Å². The minimum absolute atomic E-state index is 0.473. The fraction of sp³-hybridized carbons (Fsp3) is 0.625. The molecule has 1 N–H and O–H groups in total. The lowest BCUT2D eigenvalue weighted by Gasteiger charge is -2.32. The van der Waals surface area contributed by atoms with Crippen molar-refractivity contribution in [3.05, 3.63) is 35.4 Å². The SMILES string of the molecule is Cc1ccc([C@H](C)NC2CCCCC2C)cc1. The van der Waals surface area contributed by atoms with E-state index in [9.17, 15) is 0 Å². The van der Waals surface area contributed by atoms with Gasteiger partial charge in [-0.05, 0) is 38.2 Å². The normalized spacial score (nSPS) is 26.8. The number of hydrogen-bond acceptors (Lipinski definition) is 1. The summed E-state index contributed by atoms with van der Waals surface area (Å²) in [5, 5.41) is 3.80. The van der Waals surface area contributed by atoms with Crippen molar-refractivity contribution in [3.8, 4) is 0 Å². The van der Waals surface area contributed by atoms with Gasteiger partial charge < -0.3 is 5.32 Å². The van der Waals surface area contributed by atoms with Crippen molar-refractivity contribution in [1.82, 2.24) is 5.32 Å². The molecule has 1 aliphatic rings. The molecule has 17 heavy (non-hydrogen) atoms. The van der Waals surface area contributed by atoms with E-state index in [2.05, 4.69) is 50.4 Å². The van der Waals surface area contributed by atoms with E-state index in [4.69, 9.17) is 0 Å². The molecule has 1 fully saturated rings. The standard InChI is InChI=1S/C16H25N/c1-12-8-10-15(11-9-12)14(3)17-16-7-5-4-6-13(16)2/h8-11,13-14,16-17H,4-7H2,1-3H3/t13?,14-,16?/m0/s1. The Labute approximate surface area is 106 Å². The van der Waals surface area contributed by atoms with Crippen LogP contribution in [0.5, 0.6) is 0 Å². The number of rotatable bonds is 3. The summed E-state index contributed by atoms with van der Waals surface area (Å²) in [6.45, 7) is 6.82. The van der Waals surface area contributed by atoms with Gasteiger partial charge in [0.15, 0.2) is 0 Å². The number of nitrogens with one attached hydrogen (secondary N) is 1. The Balaban J connectivity index is 1.95. The second kappa shape index (κ2) is 5.68. The van der Waals surface area contributed by atoms with Gasteiger partial charge in [-0.1, -0.05) is 49.6 Å². The van der Waals surface area contributed by atoms with Gasteiger partial charge in [0.25, 0.3) is 0 Å². The minimum atomic E-state index is 0.473. The molecule has 1 heteroatoms. The summed E-state index contributed by atoms with van der Waals surface area (Å²) in [6.07, 6.45) is 5.54. The highest BCUT2D eigenvalue weighted by Crippen LogP contribution is 2.26. The topological polar surface area (TPSA) is 12.0 Å². The van der Waals surface area contributed by atoms with Crippen molar-refractivity contribution in [1.29, 1.82) is 0 Å². The first-order chi connectivity index (χ1) is 8.16. The largest absolute Gasteiger partial charge is 0.307 e. The highest BCUT2D eigenvalue weighted by Gasteiger charge is 2.22. The summed E-state index contributed by atoms with van der Waals surface area (Å²) in [6, 6.07) is 10.1. The highest BCUT2D eigenvalue weighted by molar-refractivity contribution is 5.23. The van der Waals surface area contributed by atoms with E-state index >= 15 is 0 Å². The lowest BCUT2D eigenvalue weighted by Crippen LogP contribution is -2.38. The van der Waals surface area contributed by atoms with Crippen LogP contribution in [0.3, 0.4) is 0 Å². The van der Waals surface area contributed by atoms with Gasteiger partial charge in [0.2, 0.25) is 0 Å². The Bertz CT molecular complexity index is 341. The molecule has 0 bridgehead atoms. The Hall–Kier alpha value is -0.820. The molecule has 2 rings (SSSR count). The van der Waals surface area contributed by atoms with E-state index in [0.717, 1.165) is 5.92 Å². The first kappa shape index (κ1) is 12.6. The third-order valence-corrected chi connectivity index (χ3v) is 4.15. The first-order valence-electron chi connectivity index (χ1n) is 6.99. The van der Waals surface area contributed by atoms with Gasteiger partial charge in [0, 0.05) is 12.1 Å². The van der Waals surface area contributed by atoms with Crippen LogP contribution in [0.25, 0.3) is 0 Å². The average Bonchev–Trinajstić information content (AvgIpc) is 2.33. The predicted molar refractivity (Wildman–Crippen MR) is 74.1 cm³/mol. The number of benzene rings is 1. The zero-order valence-corrected chi connectivity index (χ0v) is 11.4. The second-order valence-corrected chi connectivity index (χ2v) is 5.67. The monoisotopic (exact) mass is 231 g/mol. The molecular formula is C16H25N. The van der Waals surface area contributed by atoms with Gasteiger partial charge in [0.05, 0.1) is 0 Å². The average molecular weight is 231 g/mol. The summed E-state index contributed by atoms with van der Waals surface area (Å²) in [5.74, 6) is 0.830. The van der Waals surface area contributed by atoms with Crippen LogP contribution < -0.4 is 5.32 Å². The van der Waals surface area contributed by atoms with Crippen LogP contribution in [-0.4, -0.2) is 6.04 Å². The van der Waals surface area contributed by atoms with E-state index in [1.807, 2.05) is 0 Å². The van der Waals surface area contributed by atoms with Gasteiger partial charge >= 0.3 is 0 Å². The van der Waals surface area contributed by atoms with Crippen molar-refractivity contribution < 1.29 is 0 Å². The molecule has 0 saturated heterocycles. The first-order valence-corrected chi connectivity index (χ1v) is 6.99. The van der Waals surface area contributed by atoms with E-state index in [1.165, 1.54) is 36.8 Å². The zero-order valence-electron chi connectivity index (χ0n) is 11.4. The van der Waals surface area contributed by atoms with E-state index < -0.39 is 0 Å². The van der Waals surface area contributed by atoms with E-state index in [0.29, 0.717) is 12.1 Å². The Kier molecular flexibility index (Phi) is 4.22. The Morgan fingerprint density at radius 3 is 2.41 bits per heavy atom. The van der Waals surface area contributed by atoms with Crippen molar-refractivity contribution in [2.75, 3.05) is 0 Å². The van der Waals surface area contributed by atoms with Crippen molar-refractivity contribution in [3.63, 3.8) is 0 Å². The third kappa shape index (κ3) is 3.32. The zero-order chi connectivity index (χ0) is 12.3. The van der Waals surface area contributed by atoms with Crippen molar-refractivity contribution >= 4 is 0 Å². The molecule has 1 aliphatic carbocycles. The summed E-state index contributed by atoms with van der Waals surface area (Å²) in [7, 11) is 0. The fourth-order valence-corrected chi connectivity index (χ4v) is 2.84. The number of hydrogen-bond donors (Lipinski definition) is 1. The lowest BCUT2D eigenvalue weighted by atomic mass is 9.85. The third-order valence-electron chi connectivity index (χ3n) is 4.15. The smallest absolute Gasteiger partial charge is 0.0294 e. The molecule has 0 aliphatic heterocycles. The van der Waals surface area contributed by atoms with E-state index in [1.54, 1.807) is 0 Å². The maximum Gasteiger partial charge on any atom is 0.0294 e. The summed E-state index contributed by atoms with van der Waals surface area (Å²) < 4.78 is 0.